The van der Waals surface area contributed by atoms with Crippen LogP contribution in [0, 0.1) is 0 Å². The van der Waals surface area contributed by atoms with Gasteiger partial charge in [0.1, 0.15) is 0 Å². The van der Waals surface area contributed by atoms with Gasteiger partial charge in [-0.1, -0.05) is 6.58 Å². The van der Waals surface area contributed by atoms with Crippen LogP contribution in [0.15, 0.2) is 21.9 Å². The number of esters is 1. The lowest BCUT2D eigenvalue weighted by atomic mass is 10.3. The first-order chi connectivity index (χ1) is 8.52. The summed E-state index contributed by atoms with van der Waals surface area (Å²) in [5.41, 5.74) is 3.79. The number of rotatable bonds is 6. The lowest BCUT2D eigenvalue weighted by Gasteiger charge is -2.09. The molecule has 0 aromatic carbocycles. The highest BCUT2D eigenvalue weighted by Gasteiger charge is 2.06. The van der Waals surface area contributed by atoms with Gasteiger partial charge in [0.2, 0.25) is 5.82 Å². The summed E-state index contributed by atoms with van der Waals surface area (Å²) in [6.07, 6.45) is -0.0535. The summed E-state index contributed by atoms with van der Waals surface area (Å²) < 4.78 is 4.71. The molecule has 0 atom stereocenters. The molecule has 0 unspecified atom stereocenters. The third-order valence-corrected chi connectivity index (χ3v) is 1.73. The first kappa shape index (κ1) is 13.5. The Balaban J connectivity index is 2.50. The van der Waals surface area contributed by atoms with Gasteiger partial charge in [0.25, 0.3) is 5.56 Å². The average molecular weight is 255 g/mol. The summed E-state index contributed by atoms with van der Waals surface area (Å²) in [7, 11) is 0. The van der Waals surface area contributed by atoms with E-state index in [9.17, 15) is 14.4 Å². The molecule has 0 amide bonds. The van der Waals surface area contributed by atoms with Gasteiger partial charge in [-0.25, -0.2) is 9.89 Å². The number of H-pyrrole nitrogens is 2. The molecule has 18 heavy (non-hydrogen) atoms. The third-order valence-electron chi connectivity index (χ3n) is 1.73. The molecule has 0 aliphatic carbocycles. The van der Waals surface area contributed by atoms with Gasteiger partial charge in [-0.3, -0.25) is 20.0 Å². The standard InChI is InChI=1S/C9H13N5O4/c1-3-18-6(15)4-5(2)11-12-7-8(16)10-9(17)14-13-7/h11H,2-4H2,1H3,(H,12,13)(H2,10,14,16,17). The lowest BCUT2D eigenvalue weighted by molar-refractivity contribution is -0.142. The highest BCUT2D eigenvalue weighted by Crippen LogP contribution is 1.96. The summed E-state index contributed by atoms with van der Waals surface area (Å²) in [5.74, 6) is -0.597. The quantitative estimate of drug-likeness (QED) is 0.373. The second-order valence-corrected chi connectivity index (χ2v) is 3.19. The highest BCUT2D eigenvalue weighted by atomic mass is 16.5. The summed E-state index contributed by atoms with van der Waals surface area (Å²) in [6, 6.07) is 0. The number of hydrogen-bond donors (Lipinski definition) is 4. The monoisotopic (exact) mass is 255 g/mol. The predicted molar refractivity (Wildman–Crippen MR) is 62.6 cm³/mol. The molecule has 0 spiro atoms. The van der Waals surface area contributed by atoms with Crippen LogP contribution in [-0.4, -0.2) is 27.8 Å². The Kier molecular flexibility index (Phi) is 4.67. The molecule has 1 heterocycles. The number of carbonyl (C=O) groups is 1. The van der Waals surface area contributed by atoms with Crippen molar-refractivity contribution in [1.82, 2.24) is 20.6 Å². The van der Waals surface area contributed by atoms with Crippen molar-refractivity contribution in [3.63, 3.8) is 0 Å². The maximum absolute atomic E-state index is 11.2. The fourth-order valence-corrected chi connectivity index (χ4v) is 1.01. The number of hydrazine groups is 1. The Morgan fingerprint density at radius 1 is 1.50 bits per heavy atom. The molecule has 0 saturated carbocycles. The van der Waals surface area contributed by atoms with Gasteiger partial charge in [-0.15, -0.1) is 5.10 Å². The number of aromatic nitrogens is 3. The number of anilines is 1. The molecule has 9 nitrogen and oxygen atoms in total. The van der Waals surface area contributed by atoms with Crippen molar-refractivity contribution >= 4 is 11.8 Å². The molecule has 98 valence electrons. The number of nitrogens with zero attached hydrogens (tertiary/aromatic N) is 1. The molecule has 1 aromatic heterocycles. The van der Waals surface area contributed by atoms with Crippen molar-refractivity contribution in [2.45, 2.75) is 13.3 Å². The SMILES string of the molecule is C=C(CC(=O)OCC)NNc1n[nH]c(=O)[nH]c1=O. The van der Waals surface area contributed by atoms with E-state index in [0.29, 0.717) is 5.70 Å². The van der Waals surface area contributed by atoms with E-state index in [1.165, 1.54) is 0 Å². The molecule has 0 aliphatic heterocycles. The zero-order valence-electron chi connectivity index (χ0n) is 9.70. The molecule has 0 radical (unpaired) electrons. The van der Waals surface area contributed by atoms with Crippen molar-refractivity contribution in [3.8, 4) is 0 Å². The van der Waals surface area contributed by atoms with Crippen LogP contribution in [0.1, 0.15) is 13.3 Å². The minimum absolute atomic E-state index is 0.0535. The Hall–Kier alpha value is -2.58. The van der Waals surface area contributed by atoms with Gasteiger partial charge in [-0.2, -0.15) is 0 Å². The Bertz CT molecular complexity index is 546. The molecule has 0 aliphatic rings. The first-order valence-electron chi connectivity index (χ1n) is 5.07. The van der Waals surface area contributed by atoms with Crippen LogP contribution in [0.4, 0.5) is 5.82 Å². The van der Waals surface area contributed by atoms with Gasteiger partial charge >= 0.3 is 11.7 Å². The van der Waals surface area contributed by atoms with Crippen LogP contribution in [0.25, 0.3) is 0 Å². The molecular formula is C9H13N5O4. The number of hydrogen-bond acceptors (Lipinski definition) is 7. The van der Waals surface area contributed by atoms with E-state index in [1.54, 1.807) is 6.92 Å². The van der Waals surface area contributed by atoms with Gasteiger partial charge < -0.3 is 10.2 Å². The zero-order chi connectivity index (χ0) is 13.5. The van der Waals surface area contributed by atoms with Crippen LogP contribution >= 0.6 is 0 Å². The van der Waals surface area contributed by atoms with Crippen molar-refractivity contribution in [1.29, 1.82) is 0 Å². The maximum Gasteiger partial charge on any atom is 0.342 e. The van der Waals surface area contributed by atoms with E-state index >= 15 is 0 Å². The predicted octanol–water partition coefficient (Wildman–Crippen LogP) is -1.16. The molecular weight excluding hydrogens is 242 g/mol. The Morgan fingerprint density at radius 3 is 2.83 bits per heavy atom. The largest absolute Gasteiger partial charge is 0.466 e. The van der Waals surface area contributed by atoms with Crippen LogP contribution < -0.4 is 22.1 Å². The number of aromatic amines is 2. The number of nitrogens with one attached hydrogen (secondary N) is 4. The molecule has 1 aromatic rings. The van der Waals surface area contributed by atoms with E-state index in [2.05, 4.69) is 22.5 Å². The number of carbonyl (C=O) groups excluding carboxylic acids is 1. The fraction of sp³-hybridized carbons (Fsp3) is 0.333. The van der Waals surface area contributed by atoms with Crippen LogP contribution in [0.5, 0.6) is 0 Å². The topological polar surface area (TPSA) is 129 Å². The van der Waals surface area contributed by atoms with E-state index in [-0.39, 0.29) is 18.8 Å². The van der Waals surface area contributed by atoms with Crippen LogP contribution in [0.3, 0.4) is 0 Å². The Labute approximate surface area is 101 Å². The lowest BCUT2D eigenvalue weighted by Crippen LogP contribution is -2.32. The van der Waals surface area contributed by atoms with Crippen molar-refractivity contribution in [2.24, 2.45) is 0 Å². The van der Waals surface area contributed by atoms with E-state index in [1.807, 2.05) is 10.1 Å². The smallest absolute Gasteiger partial charge is 0.342 e. The minimum atomic E-state index is -0.712. The van der Waals surface area contributed by atoms with Crippen molar-refractivity contribution in [2.75, 3.05) is 12.0 Å². The third kappa shape index (κ3) is 4.12. The van der Waals surface area contributed by atoms with Crippen molar-refractivity contribution < 1.29 is 9.53 Å². The second kappa shape index (κ2) is 6.23. The maximum atomic E-state index is 11.2. The Morgan fingerprint density at radius 2 is 2.22 bits per heavy atom. The second-order valence-electron chi connectivity index (χ2n) is 3.19. The summed E-state index contributed by atoms with van der Waals surface area (Å²) in [5, 5.41) is 5.49. The molecule has 9 heteroatoms. The molecule has 0 bridgehead atoms. The zero-order valence-corrected chi connectivity index (χ0v) is 9.70. The summed E-state index contributed by atoms with van der Waals surface area (Å²) >= 11 is 0. The van der Waals surface area contributed by atoms with Crippen LogP contribution in [-0.2, 0) is 9.53 Å². The fourth-order valence-electron chi connectivity index (χ4n) is 1.01. The van der Waals surface area contributed by atoms with Gasteiger partial charge in [0, 0.05) is 5.70 Å². The van der Waals surface area contributed by atoms with E-state index < -0.39 is 17.2 Å². The molecule has 1 rings (SSSR count). The first-order valence-corrected chi connectivity index (χ1v) is 5.07. The summed E-state index contributed by atoms with van der Waals surface area (Å²) in [4.78, 5) is 35.0. The van der Waals surface area contributed by atoms with E-state index in [0.717, 1.165) is 0 Å². The molecule has 0 fully saturated rings. The average Bonchev–Trinajstić information content (AvgIpc) is 2.28. The van der Waals surface area contributed by atoms with Gasteiger partial charge in [0.15, 0.2) is 0 Å². The van der Waals surface area contributed by atoms with Crippen molar-refractivity contribution in [3.05, 3.63) is 33.1 Å². The highest BCUT2D eigenvalue weighted by molar-refractivity contribution is 5.72. The molecule has 0 saturated heterocycles. The van der Waals surface area contributed by atoms with E-state index in [4.69, 9.17) is 4.74 Å². The minimum Gasteiger partial charge on any atom is -0.466 e. The summed E-state index contributed by atoms with van der Waals surface area (Å²) in [6.45, 7) is 5.52. The normalized spacial score (nSPS) is 9.61. The van der Waals surface area contributed by atoms with Gasteiger partial charge in [0.05, 0.1) is 13.0 Å². The molecule has 4 N–H and O–H groups in total. The number of ether oxygens (including phenoxy) is 1. The van der Waals surface area contributed by atoms with Gasteiger partial charge in [-0.05, 0) is 6.92 Å². The van der Waals surface area contributed by atoms with Crippen LogP contribution in [0.2, 0.25) is 0 Å².